The number of halogens is 1. The van der Waals surface area contributed by atoms with E-state index < -0.39 is 0 Å². The highest BCUT2D eigenvalue weighted by Gasteiger charge is 2.12. The Labute approximate surface area is 160 Å². The standard InChI is InChI=1S/C20H19FN2OS2/c1-14(16-5-3-2-4-6-16)22-19(24)11-18-13-26-20(23-18)25-12-15-7-9-17(21)10-8-15/h2-10,13-14H,11-12H2,1H3,(H,22,24)/t14-/m0/s1. The highest BCUT2D eigenvalue weighted by Crippen LogP contribution is 2.26. The maximum Gasteiger partial charge on any atom is 0.226 e. The third-order valence-corrected chi connectivity index (χ3v) is 5.97. The van der Waals surface area contributed by atoms with E-state index in [0.29, 0.717) is 0 Å². The number of amides is 1. The molecule has 0 radical (unpaired) electrons. The average molecular weight is 387 g/mol. The number of nitrogens with zero attached hydrogens (tertiary/aromatic N) is 1. The average Bonchev–Trinajstić information content (AvgIpc) is 3.09. The third-order valence-electron chi connectivity index (χ3n) is 3.82. The zero-order valence-corrected chi connectivity index (χ0v) is 15.9. The van der Waals surface area contributed by atoms with Crippen molar-refractivity contribution in [2.75, 3.05) is 0 Å². The van der Waals surface area contributed by atoms with Gasteiger partial charge < -0.3 is 5.32 Å². The maximum atomic E-state index is 12.9. The summed E-state index contributed by atoms with van der Waals surface area (Å²) in [4.78, 5) is 16.7. The molecule has 1 amide bonds. The van der Waals surface area contributed by atoms with Crippen LogP contribution >= 0.6 is 23.1 Å². The Kier molecular flexibility index (Phi) is 6.41. The molecule has 2 aromatic carbocycles. The van der Waals surface area contributed by atoms with Crippen LogP contribution in [0, 0.1) is 5.82 Å². The second-order valence-electron chi connectivity index (χ2n) is 5.90. The predicted octanol–water partition coefficient (Wildman–Crippen LogP) is 4.99. The van der Waals surface area contributed by atoms with Crippen molar-refractivity contribution in [1.29, 1.82) is 0 Å². The number of hydrogen-bond donors (Lipinski definition) is 1. The molecule has 0 spiro atoms. The molecule has 0 saturated carbocycles. The van der Waals surface area contributed by atoms with Crippen LogP contribution in [0.3, 0.4) is 0 Å². The Balaban J connectivity index is 1.49. The highest BCUT2D eigenvalue weighted by molar-refractivity contribution is 8.00. The molecule has 0 bridgehead atoms. The molecule has 3 rings (SSSR count). The van der Waals surface area contributed by atoms with Gasteiger partial charge in [0.1, 0.15) is 10.2 Å². The molecule has 0 aliphatic rings. The van der Waals surface area contributed by atoms with Gasteiger partial charge in [0.15, 0.2) is 0 Å². The quantitative estimate of drug-likeness (QED) is 0.582. The summed E-state index contributed by atoms with van der Waals surface area (Å²) in [5, 5.41) is 4.92. The number of thioether (sulfide) groups is 1. The molecule has 6 heteroatoms. The van der Waals surface area contributed by atoms with Gasteiger partial charge in [0.25, 0.3) is 0 Å². The number of nitrogens with one attached hydrogen (secondary N) is 1. The van der Waals surface area contributed by atoms with Crippen molar-refractivity contribution in [2.24, 2.45) is 0 Å². The molecule has 1 N–H and O–H groups in total. The Morgan fingerprint density at radius 2 is 1.92 bits per heavy atom. The Morgan fingerprint density at radius 1 is 1.19 bits per heavy atom. The van der Waals surface area contributed by atoms with Crippen LogP contribution in [-0.2, 0) is 17.0 Å². The minimum Gasteiger partial charge on any atom is -0.349 e. The van der Waals surface area contributed by atoms with Crippen molar-refractivity contribution >= 4 is 29.0 Å². The number of carbonyl (C=O) groups is 1. The second-order valence-corrected chi connectivity index (χ2v) is 7.98. The molecule has 1 aromatic heterocycles. The zero-order valence-electron chi connectivity index (χ0n) is 14.3. The van der Waals surface area contributed by atoms with Crippen molar-refractivity contribution in [2.45, 2.75) is 29.5 Å². The van der Waals surface area contributed by atoms with Crippen molar-refractivity contribution in [1.82, 2.24) is 10.3 Å². The fourth-order valence-electron chi connectivity index (χ4n) is 2.44. The topological polar surface area (TPSA) is 42.0 Å². The van der Waals surface area contributed by atoms with Crippen LogP contribution in [0.5, 0.6) is 0 Å². The number of aromatic nitrogens is 1. The van der Waals surface area contributed by atoms with Crippen LogP contribution < -0.4 is 5.32 Å². The second kappa shape index (κ2) is 8.96. The van der Waals surface area contributed by atoms with Crippen LogP contribution in [0.25, 0.3) is 0 Å². The van der Waals surface area contributed by atoms with E-state index in [1.165, 1.54) is 23.5 Å². The van der Waals surface area contributed by atoms with Gasteiger partial charge in [0.2, 0.25) is 5.91 Å². The Hall–Kier alpha value is -2.18. The maximum absolute atomic E-state index is 12.9. The van der Waals surface area contributed by atoms with Gasteiger partial charge in [0.05, 0.1) is 18.2 Å². The van der Waals surface area contributed by atoms with Gasteiger partial charge in [-0.05, 0) is 30.2 Å². The molecule has 0 fully saturated rings. The van der Waals surface area contributed by atoms with E-state index in [1.54, 1.807) is 23.9 Å². The number of rotatable bonds is 7. The van der Waals surface area contributed by atoms with E-state index in [2.05, 4.69) is 10.3 Å². The lowest BCUT2D eigenvalue weighted by Gasteiger charge is -2.13. The fourth-order valence-corrected chi connectivity index (χ4v) is 4.24. The summed E-state index contributed by atoms with van der Waals surface area (Å²) in [6.07, 6.45) is 0.269. The summed E-state index contributed by atoms with van der Waals surface area (Å²) in [5.41, 5.74) is 2.90. The Morgan fingerprint density at radius 3 is 2.65 bits per heavy atom. The first kappa shape index (κ1) is 18.6. The van der Waals surface area contributed by atoms with Gasteiger partial charge in [-0.15, -0.1) is 11.3 Å². The van der Waals surface area contributed by atoms with Crippen LogP contribution in [0.2, 0.25) is 0 Å². The third kappa shape index (κ3) is 5.41. The normalized spacial score (nSPS) is 11.9. The summed E-state index contributed by atoms with van der Waals surface area (Å²) in [6.45, 7) is 1.97. The molecule has 0 unspecified atom stereocenters. The van der Waals surface area contributed by atoms with Crippen LogP contribution in [0.1, 0.15) is 29.8 Å². The first-order valence-electron chi connectivity index (χ1n) is 8.26. The van der Waals surface area contributed by atoms with E-state index in [9.17, 15) is 9.18 Å². The number of carbonyl (C=O) groups excluding carboxylic acids is 1. The smallest absolute Gasteiger partial charge is 0.226 e. The van der Waals surface area contributed by atoms with E-state index in [1.807, 2.05) is 42.6 Å². The van der Waals surface area contributed by atoms with Gasteiger partial charge in [0, 0.05) is 11.1 Å². The number of benzene rings is 2. The molecular formula is C20H19FN2OS2. The molecular weight excluding hydrogens is 367 g/mol. The van der Waals surface area contributed by atoms with Gasteiger partial charge >= 0.3 is 0 Å². The molecule has 0 aliphatic carbocycles. The van der Waals surface area contributed by atoms with Crippen molar-refractivity contribution in [3.63, 3.8) is 0 Å². The number of hydrogen-bond acceptors (Lipinski definition) is 4. The SMILES string of the molecule is C[C@H](NC(=O)Cc1csc(SCc2ccc(F)cc2)n1)c1ccccc1. The molecule has 0 saturated heterocycles. The highest BCUT2D eigenvalue weighted by atomic mass is 32.2. The van der Waals surface area contributed by atoms with E-state index in [0.717, 1.165) is 26.9 Å². The lowest BCUT2D eigenvalue weighted by Crippen LogP contribution is -2.28. The minimum absolute atomic E-state index is 0.0327. The summed E-state index contributed by atoms with van der Waals surface area (Å²) >= 11 is 3.12. The number of thiazole rings is 1. The molecule has 3 nitrogen and oxygen atoms in total. The first-order chi connectivity index (χ1) is 12.6. The Bertz CT molecular complexity index is 850. The van der Waals surface area contributed by atoms with Crippen molar-refractivity contribution in [3.05, 3.63) is 82.6 Å². The zero-order chi connectivity index (χ0) is 18.4. The van der Waals surface area contributed by atoms with E-state index >= 15 is 0 Å². The molecule has 1 atom stereocenters. The van der Waals surface area contributed by atoms with Gasteiger partial charge in [-0.3, -0.25) is 4.79 Å². The molecule has 3 aromatic rings. The minimum atomic E-state index is -0.231. The van der Waals surface area contributed by atoms with E-state index in [4.69, 9.17) is 0 Å². The molecule has 134 valence electrons. The van der Waals surface area contributed by atoms with Crippen LogP contribution in [-0.4, -0.2) is 10.9 Å². The summed E-state index contributed by atoms with van der Waals surface area (Å²) in [7, 11) is 0. The predicted molar refractivity (Wildman–Crippen MR) is 105 cm³/mol. The van der Waals surface area contributed by atoms with Crippen molar-refractivity contribution < 1.29 is 9.18 Å². The molecule has 26 heavy (non-hydrogen) atoms. The monoisotopic (exact) mass is 386 g/mol. The lowest BCUT2D eigenvalue weighted by atomic mass is 10.1. The van der Waals surface area contributed by atoms with E-state index in [-0.39, 0.29) is 24.2 Å². The van der Waals surface area contributed by atoms with Gasteiger partial charge in [-0.25, -0.2) is 9.37 Å². The molecule has 0 aliphatic heterocycles. The van der Waals surface area contributed by atoms with Gasteiger partial charge in [-0.2, -0.15) is 0 Å². The first-order valence-corrected chi connectivity index (χ1v) is 10.1. The van der Waals surface area contributed by atoms with Crippen LogP contribution in [0.15, 0.2) is 64.3 Å². The summed E-state index contributed by atoms with van der Waals surface area (Å²) in [6, 6.07) is 16.3. The summed E-state index contributed by atoms with van der Waals surface area (Å²) in [5.74, 6) is 0.456. The van der Waals surface area contributed by atoms with Crippen LogP contribution in [0.4, 0.5) is 4.39 Å². The largest absolute Gasteiger partial charge is 0.349 e. The fraction of sp³-hybridized carbons (Fsp3) is 0.200. The van der Waals surface area contributed by atoms with Gasteiger partial charge in [-0.1, -0.05) is 54.2 Å². The summed E-state index contributed by atoms with van der Waals surface area (Å²) < 4.78 is 13.8. The van der Waals surface area contributed by atoms with Crippen molar-refractivity contribution in [3.8, 4) is 0 Å². The molecule has 1 heterocycles. The lowest BCUT2D eigenvalue weighted by molar-refractivity contribution is -0.121.